The van der Waals surface area contributed by atoms with Crippen molar-refractivity contribution in [2.24, 2.45) is 17.3 Å². The van der Waals surface area contributed by atoms with Crippen LogP contribution in [0.2, 0.25) is 0 Å². The number of rotatable bonds is 19. The number of Topliss-reactive ketones (excluding diaryl/α,β-unsaturated/α-hetero) is 2. The molecule has 5 unspecified atom stereocenters. The molecule has 1 fully saturated rings. The summed E-state index contributed by atoms with van der Waals surface area (Å²) in [4.78, 5) is 79.3. The van der Waals surface area contributed by atoms with E-state index in [9.17, 15) is 33.6 Å². The van der Waals surface area contributed by atoms with Gasteiger partial charge in [0.25, 0.3) is 0 Å². The number of aliphatic hydroxyl groups is 2. The zero-order valence-corrected chi connectivity index (χ0v) is 42.1. The Balaban J connectivity index is -0.000000256. The van der Waals surface area contributed by atoms with Crippen molar-refractivity contribution in [3.8, 4) is 0 Å². The molecule has 1 aromatic rings. The topological polar surface area (TPSA) is 211 Å². The number of ketones is 2. The number of unbranched alkanes of at least 4 members (excludes halogenated alkanes) is 1. The van der Waals surface area contributed by atoms with Gasteiger partial charge >= 0.3 is 6.03 Å². The van der Waals surface area contributed by atoms with E-state index in [4.69, 9.17) is 10.2 Å². The van der Waals surface area contributed by atoms with Crippen LogP contribution in [0.15, 0.2) is 36.9 Å². The highest BCUT2D eigenvalue weighted by Gasteiger charge is 2.38. The van der Waals surface area contributed by atoms with Crippen LogP contribution in [-0.2, 0) is 19.2 Å². The Labute approximate surface area is 382 Å². The Morgan fingerprint density at radius 2 is 1.44 bits per heavy atom. The van der Waals surface area contributed by atoms with Crippen molar-refractivity contribution in [2.75, 3.05) is 13.1 Å². The third kappa shape index (κ3) is 36.7. The summed E-state index contributed by atoms with van der Waals surface area (Å²) in [5.41, 5.74) is 0.613. The van der Waals surface area contributed by atoms with Crippen LogP contribution in [-0.4, -0.2) is 101 Å². The molecule has 1 aliphatic rings. The van der Waals surface area contributed by atoms with Gasteiger partial charge in [-0.1, -0.05) is 139 Å². The van der Waals surface area contributed by atoms with Gasteiger partial charge in [-0.25, -0.2) is 4.79 Å². The molecular weight excluding hydrogens is 803 g/mol. The summed E-state index contributed by atoms with van der Waals surface area (Å²) in [5, 5.41) is 26.3. The molecule has 63 heavy (non-hydrogen) atoms. The first-order valence-corrected chi connectivity index (χ1v) is 22.9. The lowest BCUT2D eigenvalue weighted by Gasteiger charge is -2.35. The number of nitrogens with zero attached hydrogens (tertiary/aromatic N) is 1. The van der Waals surface area contributed by atoms with Crippen LogP contribution in [0.4, 0.5) is 4.79 Å². The third-order valence-corrected chi connectivity index (χ3v) is 9.20. The summed E-state index contributed by atoms with van der Waals surface area (Å²) < 4.78 is 0. The summed E-state index contributed by atoms with van der Waals surface area (Å²) >= 11 is 0. The second-order valence-electron chi connectivity index (χ2n) is 16.2. The molecule has 5 amide bonds. The Hall–Kier alpha value is -4.43. The molecule has 0 aliphatic carbocycles. The minimum atomic E-state index is -1.17. The fraction of sp³-hybridized carbons (Fsp3) is 0.694. The molecule has 14 nitrogen and oxygen atoms in total. The smallest absolute Gasteiger partial charge is 0.315 e. The molecule has 0 radical (unpaired) electrons. The van der Waals surface area contributed by atoms with Crippen molar-refractivity contribution in [1.82, 2.24) is 26.2 Å². The summed E-state index contributed by atoms with van der Waals surface area (Å²) in [6.45, 7) is 35.9. The number of aliphatic hydroxyl groups excluding tert-OH is 1. The molecule has 1 heterocycles. The lowest BCUT2D eigenvalue weighted by molar-refractivity contribution is -0.136. The second-order valence-corrected chi connectivity index (χ2v) is 16.2. The van der Waals surface area contributed by atoms with E-state index in [2.05, 4.69) is 69.4 Å². The second kappa shape index (κ2) is 42.9. The minimum Gasteiger partial charge on any atom is -0.368 e. The molecule has 6 N–H and O–H groups in total. The lowest BCUT2D eigenvalue weighted by atomic mass is 9.85. The number of carbonyl (C=O) groups excluding carboxylic acids is 7. The van der Waals surface area contributed by atoms with Crippen LogP contribution in [0.25, 0.3) is 0 Å². The molecule has 1 saturated heterocycles. The molecule has 2 rings (SSSR count). The number of aldehydes is 1. The Morgan fingerprint density at radius 1 is 0.889 bits per heavy atom. The molecule has 1 aromatic carbocycles. The number of hydrogen-bond donors (Lipinski definition) is 6. The van der Waals surface area contributed by atoms with Crippen LogP contribution in [0.5, 0.6) is 0 Å². The van der Waals surface area contributed by atoms with Gasteiger partial charge < -0.3 is 36.4 Å². The van der Waals surface area contributed by atoms with Gasteiger partial charge in [0.1, 0.15) is 12.3 Å². The van der Waals surface area contributed by atoms with Crippen LogP contribution < -0.4 is 21.3 Å². The number of likely N-dealkylation sites (tertiary alicyclic amines) is 1. The molecule has 1 aliphatic heterocycles. The van der Waals surface area contributed by atoms with Crippen molar-refractivity contribution in [3.05, 3.63) is 48.0 Å². The monoisotopic (exact) mass is 894 g/mol. The molecule has 0 saturated carbocycles. The van der Waals surface area contributed by atoms with Crippen LogP contribution in [0.1, 0.15) is 183 Å². The van der Waals surface area contributed by atoms with Gasteiger partial charge in [0.05, 0.1) is 6.04 Å². The zero-order chi connectivity index (χ0) is 50.1. The SMILES string of the molecule is C=CCNC=O.CC.CC.CC(=O)c1ccccc1C=O.CC(O)O.CCCC(C)CC(NC(=O)NC(C(=O)N1CCCC1C)C(C)(C)C)C(C)C.CCCCC(NC=O)C(C)=O. The fourth-order valence-electron chi connectivity index (χ4n) is 5.90. The summed E-state index contributed by atoms with van der Waals surface area (Å²) in [6.07, 6.45) is 10.5. The van der Waals surface area contributed by atoms with E-state index in [1.54, 1.807) is 30.3 Å². The fourth-order valence-corrected chi connectivity index (χ4v) is 5.90. The van der Waals surface area contributed by atoms with Gasteiger partial charge in [-0.3, -0.25) is 28.8 Å². The highest BCUT2D eigenvalue weighted by Crippen LogP contribution is 2.26. The van der Waals surface area contributed by atoms with E-state index < -0.39 is 12.3 Å². The van der Waals surface area contributed by atoms with Crippen molar-refractivity contribution in [3.63, 3.8) is 0 Å². The van der Waals surface area contributed by atoms with Crippen molar-refractivity contribution in [1.29, 1.82) is 0 Å². The Kier molecular flexibility index (Phi) is 46.0. The van der Waals surface area contributed by atoms with Crippen molar-refractivity contribution < 1.29 is 43.8 Å². The first-order valence-electron chi connectivity index (χ1n) is 22.9. The highest BCUT2D eigenvalue weighted by atomic mass is 16.5. The van der Waals surface area contributed by atoms with Gasteiger partial charge in [0, 0.05) is 36.3 Å². The molecule has 14 heteroatoms. The van der Waals surface area contributed by atoms with E-state index >= 15 is 0 Å². The van der Waals surface area contributed by atoms with E-state index in [0.717, 1.165) is 51.5 Å². The predicted molar refractivity (Wildman–Crippen MR) is 259 cm³/mol. The van der Waals surface area contributed by atoms with Crippen LogP contribution in [0.3, 0.4) is 0 Å². The highest BCUT2D eigenvalue weighted by molar-refractivity contribution is 6.01. The maximum absolute atomic E-state index is 13.1. The number of urea groups is 1. The van der Waals surface area contributed by atoms with Gasteiger partial charge in [0.2, 0.25) is 18.7 Å². The quantitative estimate of drug-likeness (QED) is 0.0258. The zero-order valence-electron chi connectivity index (χ0n) is 42.1. The first kappa shape index (κ1) is 67.6. The van der Waals surface area contributed by atoms with E-state index in [-0.39, 0.29) is 47.0 Å². The molecule has 0 spiro atoms. The minimum absolute atomic E-state index is 0.0329. The average molecular weight is 894 g/mol. The van der Waals surface area contributed by atoms with Gasteiger partial charge in [-0.15, -0.1) is 6.58 Å². The van der Waals surface area contributed by atoms with E-state index in [0.29, 0.717) is 48.6 Å². The summed E-state index contributed by atoms with van der Waals surface area (Å²) in [7, 11) is 0. The standard InChI is InChI=1S/C22H43N3O2.C9H8O2.C8H15NO2.C4H7NO.C2H6O2.2C2H6/c1-9-11-16(4)14-18(15(2)3)23-21(27)24-19(22(6,7)8)20(26)25-13-10-12-17(25)5;1-7(11)9-5-3-2-4-8(9)6-10;1-3-4-5-8(7(2)11)9-6-10;1-2-3-5-4-6;1-2(3)4;2*1-2/h15-19H,9-14H2,1-8H3,(H2,23,24,27);2-6H,1H3;6,8H,3-5H2,1-2H3,(H,9,10);2,4H,1,3H2,(H,5,6);2-4H,1H3;2*1-2H3. The predicted octanol–water partition coefficient (Wildman–Crippen LogP) is 8.43. The maximum Gasteiger partial charge on any atom is 0.315 e. The molecular formula is C49H91N5O9. The number of hydrogen-bond acceptors (Lipinski definition) is 9. The normalized spacial score (nSPS) is 14.2. The molecule has 0 aromatic heterocycles. The molecule has 5 atom stereocenters. The molecule has 0 bridgehead atoms. The number of nitrogens with one attached hydrogen (secondary N) is 4. The maximum atomic E-state index is 13.1. The van der Waals surface area contributed by atoms with Crippen molar-refractivity contribution >= 4 is 42.6 Å². The first-order chi connectivity index (χ1) is 29.6. The lowest BCUT2D eigenvalue weighted by Crippen LogP contribution is -2.58. The van der Waals surface area contributed by atoms with Gasteiger partial charge in [0.15, 0.2) is 17.9 Å². The van der Waals surface area contributed by atoms with Crippen LogP contribution >= 0.6 is 0 Å². The van der Waals surface area contributed by atoms with Crippen molar-refractivity contribution in [2.45, 2.75) is 193 Å². The number of carbonyl (C=O) groups is 7. The van der Waals surface area contributed by atoms with E-state index in [1.807, 2.05) is 53.4 Å². The Morgan fingerprint density at radius 3 is 1.79 bits per heavy atom. The third-order valence-electron chi connectivity index (χ3n) is 9.20. The van der Waals surface area contributed by atoms with Crippen LogP contribution in [0, 0.1) is 17.3 Å². The van der Waals surface area contributed by atoms with Gasteiger partial charge in [-0.05, 0) is 70.6 Å². The largest absolute Gasteiger partial charge is 0.368 e. The number of amides is 5. The Bertz CT molecular complexity index is 1350. The number of benzene rings is 1. The summed E-state index contributed by atoms with van der Waals surface area (Å²) in [6, 6.07) is 6.11. The summed E-state index contributed by atoms with van der Waals surface area (Å²) in [5.74, 6) is 0.937. The van der Waals surface area contributed by atoms with E-state index in [1.165, 1.54) is 27.2 Å². The van der Waals surface area contributed by atoms with Gasteiger partial charge in [-0.2, -0.15) is 0 Å². The average Bonchev–Trinajstić information content (AvgIpc) is 3.67. The molecule has 366 valence electrons.